The van der Waals surface area contributed by atoms with Crippen LogP contribution < -0.4 is 11.1 Å². The Bertz CT molecular complexity index is 589. The third kappa shape index (κ3) is 2.47. The van der Waals surface area contributed by atoms with Gasteiger partial charge in [0.1, 0.15) is 0 Å². The fourth-order valence-corrected chi connectivity index (χ4v) is 2.84. The second-order valence-electron chi connectivity index (χ2n) is 5.33. The highest BCUT2D eigenvalue weighted by Crippen LogP contribution is 2.31. The molecule has 0 saturated carbocycles. The number of hydrogen-bond donors (Lipinski definition) is 2. The van der Waals surface area contributed by atoms with E-state index in [4.69, 9.17) is 5.73 Å². The lowest BCUT2D eigenvalue weighted by Crippen LogP contribution is -2.44. The molecular weight excluding hydrogens is 244 g/mol. The summed E-state index contributed by atoms with van der Waals surface area (Å²) in [7, 11) is 0. The zero-order valence-electron chi connectivity index (χ0n) is 11.5. The van der Waals surface area contributed by atoms with E-state index in [1.54, 1.807) is 0 Å². The first-order valence-corrected chi connectivity index (χ1v) is 7.12. The minimum atomic E-state index is -0.473. The van der Waals surface area contributed by atoms with Crippen LogP contribution in [0.2, 0.25) is 0 Å². The average molecular weight is 264 g/mol. The van der Waals surface area contributed by atoms with Gasteiger partial charge in [-0.3, -0.25) is 0 Å². The van der Waals surface area contributed by atoms with E-state index in [1.165, 1.54) is 5.56 Å². The molecule has 1 unspecified atom stereocenters. The highest BCUT2D eigenvalue weighted by molar-refractivity contribution is 5.38. The van der Waals surface area contributed by atoms with Crippen molar-refractivity contribution in [3.8, 4) is 0 Å². The van der Waals surface area contributed by atoms with Gasteiger partial charge in [-0.05, 0) is 17.5 Å². The summed E-state index contributed by atoms with van der Waals surface area (Å²) in [6, 6.07) is 20.8. The molecule has 0 bridgehead atoms. The summed E-state index contributed by atoms with van der Waals surface area (Å²) in [6.07, 6.45) is 4.09. The first-order chi connectivity index (χ1) is 9.79. The molecule has 0 radical (unpaired) electrons. The first-order valence-electron chi connectivity index (χ1n) is 7.12. The minimum Gasteiger partial charge on any atom is -0.386 e. The molecule has 1 aliphatic heterocycles. The Morgan fingerprint density at radius 2 is 1.60 bits per heavy atom. The number of nitrogens with one attached hydrogen (secondary N) is 1. The SMILES string of the molecule is NC(Cc1ccccc1)(C1=CCCN1)c1ccccc1. The topological polar surface area (TPSA) is 38.0 Å². The molecule has 1 aliphatic rings. The fourth-order valence-electron chi connectivity index (χ4n) is 2.84. The van der Waals surface area contributed by atoms with E-state index in [9.17, 15) is 0 Å². The molecule has 0 aromatic heterocycles. The Balaban J connectivity index is 2.00. The van der Waals surface area contributed by atoms with Gasteiger partial charge in [0, 0.05) is 18.7 Å². The van der Waals surface area contributed by atoms with Gasteiger partial charge in [-0.25, -0.2) is 0 Å². The van der Waals surface area contributed by atoms with Crippen LogP contribution in [0.1, 0.15) is 17.5 Å². The van der Waals surface area contributed by atoms with Crippen LogP contribution in [0.15, 0.2) is 72.4 Å². The molecule has 0 aliphatic carbocycles. The highest BCUT2D eigenvalue weighted by atomic mass is 15.0. The van der Waals surface area contributed by atoms with Crippen LogP contribution in [-0.4, -0.2) is 6.54 Å². The second kappa shape index (κ2) is 5.51. The van der Waals surface area contributed by atoms with Crippen LogP contribution in [0.25, 0.3) is 0 Å². The lowest BCUT2D eigenvalue weighted by molar-refractivity contribution is 0.494. The molecule has 2 aromatic rings. The summed E-state index contributed by atoms with van der Waals surface area (Å²) in [6.45, 7) is 0.982. The summed E-state index contributed by atoms with van der Waals surface area (Å²) in [5.74, 6) is 0. The van der Waals surface area contributed by atoms with E-state index in [1.807, 2.05) is 12.1 Å². The monoisotopic (exact) mass is 264 g/mol. The molecule has 0 saturated heterocycles. The van der Waals surface area contributed by atoms with Gasteiger partial charge < -0.3 is 11.1 Å². The van der Waals surface area contributed by atoms with Crippen molar-refractivity contribution in [1.82, 2.24) is 5.32 Å². The number of hydrogen-bond acceptors (Lipinski definition) is 2. The summed E-state index contributed by atoms with van der Waals surface area (Å²) in [5.41, 5.74) is 9.91. The van der Waals surface area contributed by atoms with Gasteiger partial charge in [-0.15, -0.1) is 0 Å². The molecule has 2 aromatic carbocycles. The normalized spacial score (nSPS) is 17.1. The van der Waals surface area contributed by atoms with Crippen molar-refractivity contribution in [2.45, 2.75) is 18.4 Å². The predicted molar refractivity (Wildman–Crippen MR) is 83.2 cm³/mol. The third-order valence-electron chi connectivity index (χ3n) is 3.90. The van der Waals surface area contributed by atoms with Gasteiger partial charge in [-0.1, -0.05) is 66.7 Å². The molecule has 102 valence electrons. The maximum absolute atomic E-state index is 6.83. The van der Waals surface area contributed by atoms with E-state index >= 15 is 0 Å². The van der Waals surface area contributed by atoms with Crippen molar-refractivity contribution in [2.24, 2.45) is 5.73 Å². The van der Waals surface area contributed by atoms with Crippen LogP contribution in [0, 0.1) is 0 Å². The molecule has 0 amide bonds. The van der Waals surface area contributed by atoms with Gasteiger partial charge >= 0.3 is 0 Å². The van der Waals surface area contributed by atoms with E-state index in [-0.39, 0.29) is 0 Å². The summed E-state index contributed by atoms with van der Waals surface area (Å²) in [5, 5.41) is 3.45. The fraction of sp³-hybridized carbons (Fsp3) is 0.222. The van der Waals surface area contributed by atoms with Crippen molar-refractivity contribution >= 4 is 0 Å². The summed E-state index contributed by atoms with van der Waals surface area (Å²) < 4.78 is 0. The van der Waals surface area contributed by atoms with Crippen molar-refractivity contribution in [3.63, 3.8) is 0 Å². The number of benzene rings is 2. The van der Waals surface area contributed by atoms with Crippen LogP contribution in [0.4, 0.5) is 0 Å². The highest BCUT2D eigenvalue weighted by Gasteiger charge is 2.33. The van der Waals surface area contributed by atoms with Crippen molar-refractivity contribution in [1.29, 1.82) is 0 Å². The average Bonchev–Trinajstić information content (AvgIpc) is 3.04. The minimum absolute atomic E-state index is 0.473. The molecule has 20 heavy (non-hydrogen) atoms. The lowest BCUT2D eigenvalue weighted by Gasteiger charge is -2.32. The van der Waals surface area contributed by atoms with Crippen LogP contribution in [0.3, 0.4) is 0 Å². The summed E-state index contributed by atoms with van der Waals surface area (Å²) >= 11 is 0. The smallest absolute Gasteiger partial charge is 0.0850 e. The lowest BCUT2D eigenvalue weighted by atomic mass is 9.82. The first kappa shape index (κ1) is 12.9. The Hall–Kier alpha value is -2.06. The van der Waals surface area contributed by atoms with Gasteiger partial charge in [-0.2, -0.15) is 0 Å². The zero-order chi connectivity index (χ0) is 13.8. The Kier molecular flexibility index (Phi) is 3.57. The Morgan fingerprint density at radius 1 is 0.950 bits per heavy atom. The maximum atomic E-state index is 6.83. The van der Waals surface area contributed by atoms with E-state index in [0.29, 0.717) is 0 Å². The third-order valence-corrected chi connectivity index (χ3v) is 3.90. The van der Waals surface area contributed by atoms with Gasteiger partial charge in [0.25, 0.3) is 0 Å². The number of rotatable bonds is 4. The van der Waals surface area contributed by atoms with E-state index in [0.717, 1.165) is 30.6 Å². The maximum Gasteiger partial charge on any atom is 0.0850 e. The molecular formula is C18H20N2. The van der Waals surface area contributed by atoms with Crippen molar-refractivity contribution in [2.75, 3.05) is 6.54 Å². The molecule has 1 heterocycles. The van der Waals surface area contributed by atoms with Crippen molar-refractivity contribution in [3.05, 3.63) is 83.6 Å². The largest absolute Gasteiger partial charge is 0.386 e. The van der Waals surface area contributed by atoms with Crippen LogP contribution in [0.5, 0.6) is 0 Å². The van der Waals surface area contributed by atoms with Crippen molar-refractivity contribution < 1.29 is 0 Å². The molecule has 2 heteroatoms. The molecule has 3 rings (SSSR count). The summed E-state index contributed by atoms with van der Waals surface area (Å²) in [4.78, 5) is 0. The molecule has 3 N–H and O–H groups in total. The Labute approximate surface area is 120 Å². The molecule has 2 nitrogen and oxygen atoms in total. The molecule has 0 spiro atoms. The predicted octanol–water partition coefficient (Wildman–Crippen LogP) is 2.96. The standard InChI is InChI=1S/C18H20N2/c19-18(17-12-7-13-20-17,16-10-5-2-6-11-16)14-15-8-3-1-4-9-15/h1-6,8-12,20H,7,13-14,19H2. The number of nitrogens with two attached hydrogens (primary N) is 1. The van der Waals surface area contributed by atoms with E-state index < -0.39 is 5.54 Å². The van der Waals surface area contributed by atoms with Crippen LogP contribution >= 0.6 is 0 Å². The quantitative estimate of drug-likeness (QED) is 0.891. The second-order valence-corrected chi connectivity index (χ2v) is 5.33. The van der Waals surface area contributed by atoms with Gasteiger partial charge in [0.05, 0.1) is 5.54 Å². The van der Waals surface area contributed by atoms with E-state index in [2.05, 4.69) is 59.9 Å². The van der Waals surface area contributed by atoms with Gasteiger partial charge in [0.2, 0.25) is 0 Å². The van der Waals surface area contributed by atoms with Gasteiger partial charge in [0.15, 0.2) is 0 Å². The molecule has 0 fully saturated rings. The molecule has 1 atom stereocenters. The Morgan fingerprint density at radius 3 is 2.20 bits per heavy atom. The zero-order valence-corrected chi connectivity index (χ0v) is 11.5. The van der Waals surface area contributed by atoms with Crippen LogP contribution in [-0.2, 0) is 12.0 Å².